The number of likely N-dealkylation sites (tertiary alicyclic amines) is 1. The molecule has 6 nitrogen and oxygen atoms in total. The second-order valence-corrected chi connectivity index (χ2v) is 12.1. The van der Waals surface area contributed by atoms with Gasteiger partial charge in [0.1, 0.15) is 5.82 Å². The molecule has 1 heterocycles. The quantitative estimate of drug-likeness (QED) is 0.332. The van der Waals surface area contributed by atoms with Gasteiger partial charge in [-0.1, -0.05) is 60.2 Å². The van der Waals surface area contributed by atoms with E-state index in [1.165, 1.54) is 12.1 Å². The van der Waals surface area contributed by atoms with E-state index >= 15 is 0 Å². The first-order chi connectivity index (χ1) is 20.9. The van der Waals surface area contributed by atoms with Crippen molar-refractivity contribution >= 4 is 17.7 Å². The van der Waals surface area contributed by atoms with Gasteiger partial charge in [-0.15, -0.1) is 0 Å². The van der Waals surface area contributed by atoms with Crippen LogP contribution < -0.4 is 5.32 Å². The van der Waals surface area contributed by atoms with Gasteiger partial charge in [0.05, 0.1) is 0 Å². The van der Waals surface area contributed by atoms with Gasteiger partial charge in [0.15, 0.2) is 0 Å². The summed E-state index contributed by atoms with van der Waals surface area (Å²) in [7, 11) is 0. The molecule has 0 unspecified atom stereocenters. The third kappa shape index (κ3) is 8.31. The fourth-order valence-electron chi connectivity index (χ4n) is 6.43. The summed E-state index contributed by atoms with van der Waals surface area (Å²) in [6.07, 6.45) is 5.79. The molecule has 0 radical (unpaired) electrons. The van der Waals surface area contributed by atoms with Gasteiger partial charge in [0.2, 0.25) is 11.8 Å². The number of carbonyl (C=O) groups excluding carboxylic acids is 3. The zero-order valence-electron chi connectivity index (χ0n) is 25.0. The minimum Gasteiger partial charge on any atom is -0.353 e. The number of nitrogens with one attached hydrogen (secondary N) is 1. The number of rotatable bonds is 9. The maximum absolute atomic E-state index is 13.6. The van der Waals surface area contributed by atoms with Crippen molar-refractivity contribution in [3.05, 3.63) is 107 Å². The van der Waals surface area contributed by atoms with Crippen LogP contribution in [0.15, 0.2) is 78.9 Å². The van der Waals surface area contributed by atoms with Crippen LogP contribution in [0.3, 0.4) is 0 Å². The molecule has 7 heteroatoms. The third-order valence-corrected chi connectivity index (χ3v) is 8.96. The topological polar surface area (TPSA) is 69.7 Å². The van der Waals surface area contributed by atoms with Crippen LogP contribution in [0.5, 0.6) is 0 Å². The zero-order valence-corrected chi connectivity index (χ0v) is 25.0. The highest BCUT2D eigenvalue weighted by Crippen LogP contribution is 2.28. The minimum atomic E-state index is -0.363. The first-order valence-electron chi connectivity index (χ1n) is 15.6. The lowest BCUT2D eigenvalue weighted by Crippen LogP contribution is -2.48. The van der Waals surface area contributed by atoms with E-state index in [9.17, 15) is 18.8 Å². The van der Waals surface area contributed by atoms with Crippen molar-refractivity contribution in [3.63, 3.8) is 0 Å². The van der Waals surface area contributed by atoms with Gasteiger partial charge in [-0.3, -0.25) is 14.4 Å². The second kappa shape index (κ2) is 14.5. The van der Waals surface area contributed by atoms with Crippen molar-refractivity contribution in [2.45, 2.75) is 76.9 Å². The molecular weight excluding hydrogens is 541 g/mol. The molecule has 1 saturated heterocycles. The fraction of sp³-hybridized carbons (Fsp3) is 0.417. The highest BCUT2D eigenvalue weighted by atomic mass is 19.1. The van der Waals surface area contributed by atoms with Crippen LogP contribution in [0, 0.1) is 18.7 Å². The van der Waals surface area contributed by atoms with E-state index in [2.05, 4.69) is 11.4 Å². The highest BCUT2D eigenvalue weighted by molar-refractivity contribution is 5.94. The Balaban J connectivity index is 1.11. The number of carbonyl (C=O) groups is 3. The molecule has 1 aliphatic carbocycles. The number of amides is 3. The lowest BCUT2D eigenvalue weighted by molar-refractivity contribution is -0.135. The predicted molar refractivity (Wildman–Crippen MR) is 166 cm³/mol. The largest absolute Gasteiger partial charge is 0.353 e. The first kappa shape index (κ1) is 30.5. The normalized spacial score (nSPS) is 19.1. The summed E-state index contributed by atoms with van der Waals surface area (Å²) in [6, 6.07) is 24.1. The van der Waals surface area contributed by atoms with E-state index in [4.69, 9.17) is 0 Å². The summed E-state index contributed by atoms with van der Waals surface area (Å²) >= 11 is 0. The fourth-order valence-corrected chi connectivity index (χ4v) is 6.43. The molecule has 0 bridgehead atoms. The number of piperidine rings is 1. The van der Waals surface area contributed by atoms with Crippen molar-refractivity contribution in [1.82, 2.24) is 15.1 Å². The number of hydrogen-bond donors (Lipinski definition) is 1. The lowest BCUT2D eigenvalue weighted by atomic mass is 9.88. The number of benzene rings is 3. The molecule has 0 aromatic heterocycles. The smallest absolute Gasteiger partial charge is 0.254 e. The summed E-state index contributed by atoms with van der Waals surface area (Å²) < 4.78 is 13.5. The molecule has 226 valence electrons. The molecule has 3 amide bonds. The van der Waals surface area contributed by atoms with Crippen molar-refractivity contribution in [3.8, 4) is 0 Å². The van der Waals surface area contributed by atoms with Crippen molar-refractivity contribution in [1.29, 1.82) is 0 Å². The van der Waals surface area contributed by atoms with Gasteiger partial charge in [-0.25, -0.2) is 4.39 Å². The predicted octanol–water partition coefficient (Wildman–Crippen LogP) is 6.08. The molecule has 1 saturated carbocycles. The Bertz CT molecular complexity index is 1380. The average molecular weight is 584 g/mol. The monoisotopic (exact) mass is 583 g/mol. The second-order valence-electron chi connectivity index (χ2n) is 12.1. The maximum Gasteiger partial charge on any atom is 0.254 e. The molecule has 43 heavy (non-hydrogen) atoms. The summed E-state index contributed by atoms with van der Waals surface area (Å²) in [5.41, 5.74) is 3.85. The Labute approximate surface area is 254 Å². The summed E-state index contributed by atoms with van der Waals surface area (Å²) in [6.45, 7) is 3.77. The molecule has 2 fully saturated rings. The van der Waals surface area contributed by atoms with E-state index in [0.29, 0.717) is 44.5 Å². The van der Waals surface area contributed by atoms with E-state index in [1.807, 2.05) is 65.3 Å². The molecule has 1 aliphatic heterocycles. The lowest BCUT2D eigenvalue weighted by Gasteiger charge is -2.38. The van der Waals surface area contributed by atoms with E-state index in [-0.39, 0.29) is 41.5 Å². The number of aryl methyl sites for hydroxylation is 2. The van der Waals surface area contributed by atoms with E-state index in [1.54, 1.807) is 12.1 Å². The Morgan fingerprint density at radius 1 is 0.837 bits per heavy atom. The van der Waals surface area contributed by atoms with Crippen LogP contribution in [-0.4, -0.2) is 52.7 Å². The van der Waals surface area contributed by atoms with Crippen LogP contribution in [-0.2, 0) is 22.6 Å². The average Bonchev–Trinajstić information content (AvgIpc) is 3.03. The van der Waals surface area contributed by atoms with E-state index < -0.39 is 0 Å². The van der Waals surface area contributed by atoms with Gasteiger partial charge >= 0.3 is 0 Å². The Hall–Kier alpha value is -4.00. The Kier molecular flexibility index (Phi) is 10.2. The SMILES string of the molecule is Cc1cccc(CN(C(=O)c2ccc(F)cc2)C2CCC(NC(=O)C3CCN(C(=O)CCc4ccccc4)CC3)CC2)c1. The molecule has 2 aliphatic rings. The van der Waals surface area contributed by atoms with Crippen LogP contribution in [0.1, 0.15) is 72.0 Å². The molecule has 0 atom stereocenters. The number of hydrogen-bond acceptors (Lipinski definition) is 3. The van der Waals surface area contributed by atoms with Gasteiger partial charge in [-0.2, -0.15) is 0 Å². The number of nitrogens with zero attached hydrogens (tertiary/aromatic N) is 2. The standard InChI is InChI=1S/C36H42FN3O3/c1-26-6-5-9-28(24-26)25-40(36(43)30-11-13-31(37)14-12-30)33-17-15-32(16-18-33)38-35(42)29-20-22-39(23-21-29)34(41)19-10-27-7-3-2-4-8-27/h2-9,11-14,24,29,32-33H,10,15-23,25H2,1H3,(H,38,42). The number of halogens is 1. The third-order valence-electron chi connectivity index (χ3n) is 8.96. The summed E-state index contributed by atoms with van der Waals surface area (Å²) in [5.74, 6) is -0.295. The Morgan fingerprint density at radius 3 is 2.19 bits per heavy atom. The molecule has 1 N–H and O–H groups in total. The van der Waals surface area contributed by atoms with E-state index in [0.717, 1.165) is 48.8 Å². The molecular formula is C36H42FN3O3. The zero-order chi connectivity index (χ0) is 30.2. The van der Waals surface area contributed by atoms with Gasteiger partial charge in [-0.05, 0) is 87.3 Å². The van der Waals surface area contributed by atoms with Gasteiger partial charge in [0, 0.05) is 49.6 Å². The van der Waals surface area contributed by atoms with Crippen LogP contribution in [0.4, 0.5) is 4.39 Å². The molecule has 0 spiro atoms. The Morgan fingerprint density at radius 2 is 1.51 bits per heavy atom. The molecule has 3 aromatic carbocycles. The van der Waals surface area contributed by atoms with Crippen molar-refractivity contribution in [2.75, 3.05) is 13.1 Å². The van der Waals surface area contributed by atoms with Gasteiger partial charge < -0.3 is 15.1 Å². The van der Waals surface area contributed by atoms with Crippen LogP contribution >= 0.6 is 0 Å². The minimum absolute atomic E-state index is 0.0383. The summed E-state index contributed by atoms with van der Waals surface area (Å²) in [4.78, 5) is 43.3. The summed E-state index contributed by atoms with van der Waals surface area (Å²) in [5, 5.41) is 3.28. The molecule has 3 aromatic rings. The first-order valence-corrected chi connectivity index (χ1v) is 15.6. The molecule has 5 rings (SSSR count). The van der Waals surface area contributed by atoms with Crippen LogP contribution in [0.25, 0.3) is 0 Å². The van der Waals surface area contributed by atoms with Crippen molar-refractivity contribution < 1.29 is 18.8 Å². The van der Waals surface area contributed by atoms with Crippen LogP contribution in [0.2, 0.25) is 0 Å². The maximum atomic E-state index is 13.6. The van der Waals surface area contributed by atoms with Gasteiger partial charge in [0.25, 0.3) is 5.91 Å². The highest BCUT2D eigenvalue weighted by Gasteiger charge is 2.32. The van der Waals surface area contributed by atoms with Crippen molar-refractivity contribution in [2.24, 2.45) is 5.92 Å².